The number of nitro groups is 1. The van der Waals surface area contributed by atoms with Crippen LogP contribution in [0.25, 0.3) is 0 Å². The summed E-state index contributed by atoms with van der Waals surface area (Å²) < 4.78 is 5.46. The summed E-state index contributed by atoms with van der Waals surface area (Å²) in [5.74, 6) is 1.02. The van der Waals surface area contributed by atoms with Crippen LogP contribution in [0.4, 0.5) is 11.4 Å². The fourth-order valence-corrected chi connectivity index (χ4v) is 3.02. The molecule has 1 heterocycles. The molecule has 0 aliphatic carbocycles. The minimum absolute atomic E-state index is 0.0601. The number of ether oxygens (including phenoxy) is 1. The number of piperidine rings is 1. The predicted molar refractivity (Wildman–Crippen MR) is 82.9 cm³/mol. The van der Waals surface area contributed by atoms with E-state index in [4.69, 9.17) is 10.5 Å². The van der Waals surface area contributed by atoms with Crippen LogP contribution in [0.1, 0.15) is 26.7 Å². The number of benzene rings is 1. The Labute approximate surface area is 125 Å². The molecule has 1 aliphatic heterocycles. The van der Waals surface area contributed by atoms with Gasteiger partial charge < -0.3 is 15.4 Å². The molecule has 1 saturated heterocycles. The Kier molecular flexibility index (Phi) is 5.01. The largest absolute Gasteiger partial charge is 0.494 e. The summed E-state index contributed by atoms with van der Waals surface area (Å²) in [6.45, 7) is 5.96. The Bertz CT molecular complexity index is 507. The van der Waals surface area contributed by atoms with E-state index in [0.29, 0.717) is 24.8 Å². The maximum Gasteiger partial charge on any atom is 0.275 e. The highest BCUT2D eigenvalue weighted by Crippen LogP contribution is 2.33. The average molecular weight is 293 g/mol. The Hall–Kier alpha value is -1.82. The van der Waals surface area contributed by atoms with E-state index in [0.717, 1.165) is 25.1 Å². The van der Waals surface area contributed by atoms with Gasteiger partial charge in [0.2, 0.25) is 0 Å². The van der Waals surface area contributed by atoms with E-state index >= 15 is 0 Å². The first kappa shape index (κ1) is 15.6. The molecular weight excluding hydrogens is 270 g/mol. The van der Waals surface area contributed by atoms with Gasteiger partial charge in [-0.3, -0.25) is 10.1 Å². The normalized spacial score (nSPS) is 22.1. The van der Waals surface area contributed by atoms with Crippen molar-refractivity contribution >= 4 is 11.4 Å². The second kappa shape index (κ2) is 6.76. The molecule has 0 aromatic heterocycles. The molecular formula is C15H23N3O3. The van der Waals surface area contributed by atoms with Gasteiger partial charge in [0.05, 0.1) is 17.6 Å². The van der Waals surface area contributed by atoms with Crippen LogP contribution in [0.15, 0.2) is 18.2 Å². The van der Waals surface area contributed by atoms with Crippen LogP contribution >= 0.6 is 0 Å². The Balaban J connectivity index is 2.38. The summed E-state index contributed by atoms with van der Waals surface area (Å²) in [6.07, 6.45) is 2.22. The van der Waals surface area contributed by atoms with Gasteiger partial charge in [-0.2, -0.15) is 0 Å². The molecule has 6 heteroatoms. The SMILES string of the molecule is CCOc1cc(N2CCCC(C)C2CN)cc([N+](=O)[O-])c1. The molecule has 2 atom stereocenters. The van der Waals surface area contributed by atoms with Gasteiger partial charge in [-0.1, -0.05) is 6.92 Å². The molecule has 0 saturated carbocycles. The summed E-state index contributed by atoms with van der Waals surface area (Å²) in [7, 11) is 0. The van der Waals surface area contributed by atoms with Gasteiger partial charge in [0, 0.05) is 37.0 Å². The molecule has 2 unspecified atom stereocenters. The lowest BCUT2D eigenvalue weighted by Crippen LogP contribution is -2.48. The third kappa shape index (κ3) is 3.44. The maximum atomic E-state index is 11.1. The third-order valence-electron chi connectivity index (χ3n) is 4.09. The van der Waals surface area contributed by atoms with Gasteiger partial charge in [0.1, 0.15) is 5.75 Å². The summed E-state index contributed by atoms with van der Waals surface area (Å²) >= 11 is 0. The van der Waals surface area contributed by atoms with E-state index in [1.165, 1.54) is 6.07 Å². The molecule has 0 bridgehead atoms. The van der Waals surface area contributed by atoms with Crippen LogP contribution in [0.5, 0.6) is 5.75 Å². The number of hydrogen-bond acceptors (Lipinski definition) is 5. The number of non-ortho nitro benzene ring substituents is 1. The Morgan fingerprint density at radius 1 is 1.48 bits per heavy atom. The first-order valence-corrected chi connectivity index (χ1v) is 7.45. The zero-order valence-electron chi connectivity index (χ0n) is 12.6. The third-order valence-corrected chi connectivity index (χ3v) is 4.09. The van der Waals surface area contributed by atoms with E-state index in [1.54, 1.807) is 6.07 Å². The van der Waals surface area contributed by atoms with Gasteiger partial charge in [-0.05, 0) is 25.7 Å². The molecule has 1 fully saturated rings. The number of rotatable bonds is 5. The Morgan fingerprint density at radius 2 is 2.24 bits per heavy atom. The lowest BCUT2D eigenvalue weighted by Gasteiger charge is -2.41. The van der Waals surface area contributed by atoms with Gasteiger partial charge in [-0.15, -0.1) is 0 Å². The molecule has 1 aromatic carbocycles. The summed E-state index contributed by atoms with van der Waals surface area (Å²) in [4.78, 5) is 12.9. The number of nitro benzene ring substituents is 1. The van der Waals surface area contributed by atoms with Crippen LogP contribution in [-0.4, -0.2) is 30.7 Å². The van der Waals surface area contributed by atoms with Crippen LogP contribution in [0.2, 0.25) is 0 Å². The molecule has 116 valence electrons. The second-order valence-electron chi connectivity index (χ2n) is 5.49. The lowest BCUT2D eigenvalue weighted by atomic mass is 9.90. The van der Waals surface area contributed by atoms with Crippen molar-refractivity contribution in [3.05, 3.63) is 28.3 Å². The van der Waals surface area contributed by atoms with Crippen LogP contribution in [0.3, 0.4) is 0 Å². The summed E-state index contributed by atoms with van der Waals surface area (Å²) in [5, 5.41) is 11.1. The highest BCUT2D eigenvalue weighted by atomic mass is 16.6. The highest BCUT2D eigenvalue weighted by Gasteiger charge is 2.28. The molecule has 2 N–H and O–H groups in total. The van der Waals surface area contributed by atoms with E-state index in [1.807, 2.05) is 13.0 Å². The van der Waals surface area contributed by atoms with E-state index in [2.05, 4.69) is 11.8 Å². The fourth-order valence-electron chi connectivity index (χ4n) is 3.02. The van der Waals surface area contributed by atoms with Crippen molar-refractivity contribution in [1.82, 2.24) is 0 Å². The maximum absolute atomic E-state index is 11.1. The number of anilines is 1. The van der Waals surface area contributed by atoms with Crippen molar-refractivity contribution in [3.63, 3.8) is 0 Å². The second-order valence-corrected chi connectivity index (χ2v) is 5.49. The van der Waals surface area contributed by atoms with E-state index < -0.39 is 0 Å². The topological polar surface area (TPSA) is 81.6 Å². The van der Waals surface area contributed by atoms with E-state index in [-0.39, 0.29) is 16.7 Å². The molecule has 1 aromatic rings. The van der Waals surface area contributed by atoms with Gasteiger partial charge in [0.15, 0.2) is 0 Å². The van der Waals surface area contributed by atoms with Crippen LogP contribution in [-0.2, 0) is 0 Å². The van der Waals surface area contributed by atoms with Gasteiger partial charge >= 0.3 is 0 Å². The van der Waals surface area contributed by atoms with Crippen LogP contribution < -0.4 is 15.4 Å². The van der Waals surface area contributed by atoms with Crippen molar-refractivity contribution in [2.75, 3.05) is 24.6 Å². The molecule has 21 heavy (non-hydrogen) atoms. The highest BCUT2D eigenvalue weighted by molar-refractivity contribution is 5.59. The quantitative estimate of drug-likeness (QED) is 0.666. The first-order valence-electron chi connectivity index (χ1n) is 7.45. The van der Waals surface area contributed by atoms with Crippen LogP contribution in [0, 0.1) is 16.0 Å². The van der Waals surface area contributed by atoms with Crippen molar-refractivity contribution in [1.29, 1.82) is 0 Å². The van der Waals surface area contributed by atoms with E-state index in [9.17, 15) is 10.1 Å². The molecule has 0 amide bonds. The van der Waals surface area contributed by atoms with Crippen molar-refractivity contribution < 1.29 is 9.66 Å². The summed E-state index contributed by atoms with van der Waals surface area (Å²) in [6, 6.07) is 5.17. The molecule has 6 nitrogen and oxygen atoms in total. The van der Waals surface area contributed by atoms with Crippen molar-refractivity contribution in [2.45, 2.75) is 32.7 Å². The Morgan fingerprint density at radius 3 is 2.86 bits per heavy atom. The fraction of sp³-hybridized carbons (Fsp3) is 0.600. The minimum Gasteiger partial charge on any atom is -0.494 e. The number of nitrogens with zero attached hydrogens (tertiary/aromatic N) is 2. The standard InChI is InChI=1S/C15H23N3O3/c1-3-21-14-8-12(7-13(9-14)18(19)20)17-6-4-5-11(2)15(17)10-16/h7-9,11,15H,3-6,10,16H2,1-2H3. The lowest BCUT2D eigenvalue weighted by molar-refractivity contribution is -0.384. The molecule has 2 rings (SSSR count). The first-order chi connectivity index (χ1) is 10.1. The smallest absolute Gasteiger partial charge is 0.275 e. The molecule has 1 aliphatic rings. The molecule has 0 radical (unpaired) electrons. The molecule has 0 spiro atoms. The number of hydrogen-bond donors (Lipinski definition) is 1. The van der Waals surface area contributed by atoms with Crippen molar-refractivity contribution in [3.8, 4) is 5.75 Å². The zero-order valence-corrected chi connectivity index (χ0v) is 12.6. The monoisotopic (exact) mass is 293 g/mol. The minimum atomic E-state index is -0.378. The van der Waals surface area contributed by atoms with Gasteiger partial charge in [0.25, 0.3) is 5.69 Å². The summed E-state index contributed by atoms with van der Waals surface area (Å²) in [5.41, 5.74) is 6.80. The average Bonchev–Trinajstić information content (AvgIpc) is 2.47. The number of nitrogens with two attached hydrogens (primary N) is 1. The van der Waals surface area contributed by atoms with Gasteiger partial charge in [-0.25, -0.2) is 0 Å². The van der Waals surface area contributed by atoms with Crippen molar-refractivity contribution in [2.24, 2.45) is 11.7 Å². The zero-order chi connectivity index (χ0) is 15.4. The predicted octanol–water partition coefficient (Wildman–Crippen LogP) is 2.56.